The fourth-order valence-electron chi connectivity index (χ4n) is 5.71. The van der Waals surface area contributed by atoms with Gasteiger partial charge in [-0.05, 0) is 77.2 Å². The molecule has 6 rings (SSSR count). The predicted octanol–water partition coefficient (Wildman–Crippen LogP) is 5.92. The number of amides is 1. The fraction of sp³-hybridized carbons (Fsp3) is 0.250. The van der Waals surface area contributed by atoms with Crippen molar-refractivity contribution in [1.29, 1.82) is 0 Å². The summed E-state index contributed by atoms with van der Waals surface area (Å²) >= 11 is 6.40. The summed E-state index contributed by atoms with van der Waals surface area (Å²) < 4.78 is 5.66. The van der Waals surface area contributed by atoms with Gasteiger partial charge in [-0.3, -0.25) is 14.5 Å². The van der Waals surface area contributed by atoms with Crippen LogP contribution in [0.1, 0.15) is 36.3 Å². The lowest BCUT2D eigenvalue weighted by Gasteiger charge is -2.27. The minimum atomic E-state index is -1.08. The number of rotatable bonds is 5. The zero-order valence-corrected chi connectivity index (χ0v) is 21.3. The molecule has 0 bridgehead atoms. The number of fused-ring (bicyclic) bond motifs is 4. The van der Waals surface area contributed by atoms with Gasteiger partial charge >= 0.3 is 5.97 Å². The summed E-state index contributed by atoms with van der Waals surface area (Å²) in [6, 6.07) is 19.5. The molecule has 0 spiro atoms. The zero-order chi connectivity index (χ0) is 25.0. The Kier molecular flexibility index (Phi) is 5.73. The average molecular weight is 517 g/mol. The molecule has 36 heavy (non-hydrogen) atoms. The zero-order valence-electron chi connectivity index (χ0n) is 19.6. The van der Waals surface area contributed by atoms with Crippen LogP contribution in [0.5, 0.6) is 5.75 Å². The number of thiocarbonyl (C=S) groups is 1. The third-order valence-corrected chi connectivity index (χ3v) is 8.67. The number of carbonyl (C=O) groups excluding carboxylic acids is 1. The number of carboxylic acids is 1. The number of methoxy groups -OCH3 is 1. The Bertz CT molecular complexity index is 1470. The second kappa shape index (κ2) is 8.94. The van der Waals surface area contributed by atoms with E-state index in [1.165, 1.54) is 28.7 Å². The Labute approximate surface area is 218 Å². The van der Waals surface area contributed by atoms with Crippen LogP contribution in [0.25, 0.3) is 16.8 Å². The molecule has 2 atom stereocenters. The van der Waals surface area contributed by atoms with E-state index < -0.39 is 12.5 Å². The van der Waals surface area contributed by atoms with Gasteiger partial charge in [0, 0.05) is 23.3 Å². The first-order valence-electron chi connectivity index (χ1n) is 11.9. The van der Waals surface area contributed by atoms with Gasteiger partial charge in [-0.25, -0.2) is 0 Å². The summed E-state index contributed by atoms with van der Waals surface area (Å²) in [6.45, 7) is -0.413. The number of aliphatic carboxylic acids is 1. The van der Waals surface area contributed by atoms with Crippen molar-refractivity contribution in [2.75, 3.05) is 18.6 Å². The molecule has 2 unspecified atom stereocenters. The molecular weight excluding hydrogens is 492 g/mol. The van der Waals surface area contributed by atoms with Crippen LogP contribution in [0.3, 0.4) is 0 Å². The van der Waals surface area contributed by atoms with E-state index in [0.717, 1.165) is 46.2 Å². The summed E-state index contributed by atoms with van der Waals surface area (Å²) in [5, 5.41) is 11.4. The molecule has 0 radical (unpaired) electrons. The maximum atomic E-state index is 12.7. The SMILES string of the molecule is COc1ccc2cc(N3c4ccc(/C=C5/SC(=S)N(CC(=O)O)C5=O)cc4C4CCCC43)ccc2c1. The van der Waals surface area contributed by atoms with Crippen molar-refractivity contribution in [3.8, 4) is 5.75 Å². The van der Waals surface area contributed by atoms with Crippen molar-refractivity contribution in [3.63, 3.8) is 0 Å². The molecule has 2 aliphatic heterocycles. The number of benzene rings is 3. The number of carboxylic acid groups (broad SMARTS) is 1. The Morgan fingerprint density at radius 2 is 1.94 bits per heavy atom. The molecule has 2 heterocycles. The molecule has 6 nitrogen and oxygen atoms in total. The highest BCUT2D eigenvalue weighted by atomic mass is 32.2. The number of carbonyl (C=O) groups is 2. The molecule has 1 N–H and O–H groups in total. The van der Waals surface area contributed by atoms with E-state index in [1.807, 2.05) is 18.2 Å². The first-order valence-corrected chi connectivity index (χ1v) is 13.1. The van der Waals surface area contributed by atoms with Crippen LogP contribution in [-0.4, -0.2) is 45.9 Å². The number of hydrogen-bond acceptors (Lipinski definition) is 6. The average Bonchev–Trinajstić information content (AvgIpc) is 3.53. The van der Waals surface area contributed by atoms with E-state index >= 15 is 0 Å². The minimum absolute atomic E-state index is 0.283. The van der Waals surface area contributed by atoms with Crippen molar-refractivity contribution in [1.82, 2.24) is 4.90 Å². The Morgan fingerprint density at radius 1 is 1.14 bits per heavy atom. The van der Waals surface area contributed by atoms with Crippen LogP contribution >= 0.6 is 24.0 Å². The quantitative estimate of drug-likeness (QED) is 0.333. The molecule has 1 amide bonds. The van der Waals surface area contributed by atoms with E-state index in [1.54, 1.807) is 7.11 Å². The Balaban J connectivity index is 1.35. The van der Waals surface area contributed by atoms with Gasteiger partial charge < -0.3 is 14.7 Å². The number of thioether (sulfide) groups is 1. The van der Waals surface area contributed by atoms with E-state index in [4.69, 9.17) is 22.1 Å². The Morgan fingerprint density at radius 3 is 2.75 bits per heavy atom. The highest BCUT2D eigenvalue weighted by Gasteiger charge is 2.42. The van der Waals surface area contributed by atoms with Gasteiger partial charge in [0.05, 0.1) is 12.0 Å². The molecule has 3 aliphatic rings. The monoisotopic (exact) mass is 516 g/mol. The summed E-state index contributed by atoms with van der Waals surface area (Å²) in [5.74, 6) is -0.127. The van der Waals surface area contributed by atoms with Crippen LogP contribution in [0, 0.1) is 0 Å². The second-order valence-electron chi connectivity index (χ2n) is 9.35. The predicted molar refractivity (Wildman–Crippen MR) is 147 cm³/mol. The van der Waals surface area contributed by atoms with E-state index in [-0.39, 0.29) is 10.2 Å². The molecule has 1 saturated carbocycles. The van der Waals surface area contributed by atoms with Gasteiger partial charge in [-0.1, -0.05) is 48.6 Å². The van der Waals surface area contributed by atoms with Crippen molar-refractivity contribution < 1.29 is 19.4 Å². The summed E-state index contributed by atoms with van der Waals surface area (Å²) in [6.07, 6.45) is 5.30. The summed E-state index contributed by atoms with van der Waals surface area (Å²) in [4.78, 5) is 27.9. The van der Waals surface area contributed by atoms with Gasteiger partial charge in [0.2, 0.25) is 0 Å². The summed E-state index contributed by atoms with van der Waals surface area (Å²) in [5.41, 5.74) is 4.64. The van der Waals surface area contributed by atoms with Crippen molar-refractivity contribution >= 4 is 68.4 Å². The van der Waals surface area contributed by atoms with E-state index in [9.17, 15) is 9.59 Å². The molecule has 8 heteroatoms. The Hall–Kier alpha value is -3.36. The highest BCUT2D eigenvalue weighted by molar-refractivity contribution is 8.26. The highest BCUT2D eigenvalue weighted by Crippen LogP contribution is 2.53. The molecule has 0 aromatic heterocycles. The van der Waals surface area contributed by atoms with Crippen LogP contribution in [0.4, 0.5) is 11.4 Å². The van der Waals surface area contributed by atoms with Crippen LogP contribution in [-0.2, 0) is 9.59 Å². The number of anilines is 2. The van der Waals surface area contributed by atoms with E-state index in [0.29, 0.717) is 16.9 Å². The number of ether oxygens (including phenoxy) is 1. The molecule has 182 valence electrons. The van der Waals surface area contributed by atoms with Crippen LogP contribution in [0.15, 0.2) is 59.5 Å². The second-order valence-corrected chi connectivity index (χ2v) is 11.0. The van der Waals surface area contributed by atoms with Crippen molar-refractivity contribution in [2.24, 2.45) is 0 Å². The first kappa shape index (κ1) is 23.1. The smallest absolute Gasteiger partial charge is 0.323 e. The molecule has 3 aromatic rings. The van der Waals surface area contributed by atoms with E-state index in [2.05, 4.69) is 47.4 Å². The molecule has 1 aliphatic carbocycles. The molecule has 3 aromatic carbocycles. The lowest BCUT2D eigenvalue weighted by Crippen LogP contribution is -2.33. The lowest BCUT2D eigenvalue weighted by molar-refractivity contribution is -0.140. The lowest BCUT2D eigenvalue weighted by atomic mass is 9.96. The maximum Gasteiger partial charge on any atom is 0.323 e. The van der Waals surface area contributed by atoms with Gasteiger partial charge in [-0.2, -0.15) is 0 Å². The standard InChI is InChI=1S/C28H24N2O4S2/c1-34-20-9-7-17-13-19(8-6-18(17)14-20)30-23-4-2-3-21(23)22-11-16(5-10-24(22)30)12-25-27(33)29(15-26(31)32)28(35)36-25/h5-14,21,23H,2-4,15H2,1H3,(H,31,32)/b25-12+. The number of hydrogen-bond donors (Lipinski definition) is 1. The van der Waals surface area contributed by atoms with Gasteiger partial charge in [0.15, 0.2) is 0 Å². The van der Waals surface area contributed by atoms with Crippen molar-refractivity contribution in [2.45, 2.75) is 31.2 Å². The molecule has 1 saturated heterocycles. The normalized spacial score (nSPS) is 22.0. The molecular formula is C28H24N2O4S2. The first-order chi connectivity index (χ1) is 17.4. The minimum Gasteiger partial charge on any atom is -0.497 e. The topological polar surface area (TPSA) is 70.1 Å². The largest absolute Gasteiger partial charge is 0.497 e. The van der Waals surface area contributed by atoms with Gasteiger partial charge in [0.1, 0.15) is 16.6 Å². The third-order valence-electron chi connectivity index (χ3n) is 7.30. The fourth-order valence-corrected chi connectivity index (χ4v) is 6.97. The van der Waals surface area contributed by atoms with Crippen molar-refractivity contribution in [3.05, 3.63) is 70.6 Å². The maximum absolute atomic E-state index is 12.7. The number of nitrogens with zero attached hydrogens (tertiary/aromatic N) is 2. The third kappa shape index (κ3) is 3.85. The van der Waals surface area contributed by atoms with Gasteiger partial charge in [0.25, 0.3) is 5.91 Å². The van der Waals surface area contributed by atoms with Crippen LogP contribution < -0.4 is 9.64 Å². The van der Waals surface area contributed by atoms with Gasteiger partial charge in [-0.15, -0.1) is 0 Å². The molecule has 2 fully saturated rings. The van der Waals surface area contributed by atoms with Crippen LogP contribution in [0.2, 0.25) is 0 Å². The summed E-state index contributed by atoms with van der Waals surface area (Å²) in [7, 11) is 1.68.